The van der Waals surface area contributed by atoms with E-state index < -0.39 is 0 Å². The van der Waals surface area contributed by atoms with E-state index in [1.54, 1.807) is 5.57 Å². The number of benzene rings is 2. The van der Waals surface area contributed by atoms with Crippen LogP contribution in [-0.4, -0.2) is 43.7 Å². The molecule has 0 aromatic heterocycles. The summed E-state index contributed by atoms with van der Waals surface area (Å²) in [5.41, 5.74) is 14.5. The molecule has 0 amide bonds. The van der Waals surface area contributed by atoms with Crippen LogP contribution in [0.25, 0.3) is 17.7 Å². The highest BCUT2D eigenvalue weighted by atomic mass is 15.2. The lowest BCUT2D eigenvalue weighted by atomic mass is 9.84. The molecule has 2 aromatic carbocycles. The van der Waals surface area contributed by atoms with Crippen LogP contribution in [0.4, 0.5) is 0 Å². The number of piperidine rings is 2. The van der Waals surface area contributed by atoms with E-state index in [9.17, 15) is 0 Å². The molecule has 156 valence electrons. The summed E-state index contributed by atoms with van der Waals surface area (Å²) in [6, 6.07) is 18.4. The lowest BCUT2D eigenvalue weighted by Gasteiger charge is -2.43. The minimum absolute atomic E-state index is 0.643. The molecule has 5 rings (SSSR count). The van der Waals surface area contributed by atoms with Gasteiger partial charge in [-0.1, -0.05) is 66.3 Å². The molecule has 2 heterocycles. The van der Waals surface area contributed by atoms with Gasteiger partial charge in [0.2, 0.25) is 0 Å². The van der Waals surface area contributed by atoms with Gasteiger partial charge in [-0.15, -0.1) is 0 Å². The molecule has 2 aliphatic heterocycles. The Balaban J connectivity index is 1.46. The van der Waals surface area contributed by atoms with Crippen molar-refractivity contribution in [3.63, 3.8) is 0 Å². The van der Waals surface area contributed by atoms with Crippen LogP contribution in [0.15, 0.2) is 54.1 Å². The molecule has 2 unspecified atom stereocenters. The summed E-state index contributed by atoms with van der Waals surface area (Å²) in [5, 5.41) is 3.63. The number of rotatable bonds is 3. The van der Waals surface area contributed by atoms with E-state index in [2.05, 4.69) is 70.9 Å². The Labute approximate surface area is 180 Å². The summed E-state index contributed by atoms with van der Waals surface area (Å²) in [5.74, 6) is 0.744. The molecule has 30 heavy (non-hydrogen) atoms. The minimum Gasteiger partial charge on any atom is -0.330 e. The van der Waals surface area contributed by atoms with E-state index >= 15 is 0 Å². The summed E-state index contributed by atoms with van der Waals surface area (Å²) in [6.07, 6.45) is 9.29. The maximum absolute atomic E-state index is 5.92. The third-order valence-corrected chi connectivity index (χ3v) is 7.25. The van der Waals surface area contributed by atoms with Crippen molar-refractivity contribution < 1.29 is 0 Å². The van der Waals surface area contributed by atoms with E-state index in [1.807, 2.05) is 0 Å². The number of fused-ring (bicyclic) bond motifs is 2. The average molecular weight is 400 g/mol. The van der Waals surface area contributed by atoms with Gasteiger partial charge in [-0.05, 0) is 72.5 Å². The van der Waals surface area contributed by atoms with Crippen LogP contribution in [0.3, 0.4) is 0 Å². The molecule has 2 atom stereocenters. The third kappa shape index (κ3) is 3.78. The summed E-state index contributed by atoms with van der Waals surface area (Å²) >= 11 is 0. The SMILES string of the molecule is NCCC1CCNCC1N1CCC(=C2c3ccccc3C=Cc3ccccc32)CC1. The number of hydrogen-bond donors (Lipinski definition) is 2. The molecule has 0 spiro atoms. The standard InChI is InChI=1S/C27H33N3/c28-15-11-22-12-16-29-19-26(22)30-17-13-23(14-18-30)27-24-7-3-1-5-20(24)9-10-21-6-2-4-8-25(21)27/h1-10,22,26,29H,11-19,28H2. The number of nitrogens with one attached hydrogen (secondary N) is 1. The monoisotopic (exact) mass is 399 g/mol. The lowest BCUT2D eigenvalue weighted by molar-refractivity contribution is 0.102. The van der Waals surface area contributed by atoms with Crippen LogP contribution < -0.4 is 11.1 Å². The second-order valence-corrected chi connectivity index (χ2v) is 8.92. The predicted octanol–water partition coefficient (Wildman–Crippen LogP) is 4.40. The van der Waals surface area contributed by atoms with Gasteiger partial charge in [-0.25, -0.2) is 0 Å². The van der Waals surface area contributed by atoms with Gasteiger partial charge in [0, 0.05) is 25.7 Å². The first-order chi connectivity index (χ1) is 14.8. The molecular formula is C27H33N3. The van der Waals surface area contributed by atoms with Gasteiger partial charge < -0.3 is 11.1 Å². The van der Waals surface area contributed by atoms with Gasteiger partial charge in [0.1, 0.15) is 0 Å². The zero-order valence-electron chi connectivity index (χ0n) is 17.8. The lowest BCUT2D eigenvalue weighted by Crippen LogP contribution is -2.53. The maximum Gasteiger partial charge on any atom is 0.0250 e. The normalized spacial score (nSPS) is 24.3. The number of hydrogen-bond acceptors (Lipinski definition) is 3. The van der Waals surface area contributed by atoms with E-state index in [-0.39, 0.29) is 0 Å². The molecule has 3 nitrogen and oxygen atoms in total. The van der Waals surface area contributed by atoms with Crippen molar-refractivity contribution in [2.75, 3.05) is 32.7 Å². The molecule has 3 heteroatoms. The highest BCUT2D eigenvalue weighted by molar-refractivity contribution is 5.94. The topological polar surface area (TPSA) is 41.3 Å². The van der Waals surface area contributed by atoms with Gasteiger partial charge in [0.25, 0.3) is 0 Å². The average Bonchev–Trinajstić information content (AvgIpc) is 2.97. The van der Waals surface area contributed by atoms with Crippen LogP contribution >= 0.6 is 0 Å². The number of likely N-dealkylation sites (tertiary alicyclic amines) is 1. The fraction of sp³-hybridized carbons (Fsp3) is 0.407. The van der Waals surface area contributed by atoms with Crippen molar-refractivity contribution in [3.8, 4) is 0 Å². The fourth-order valence-electron chi connectivity index (χ4n) is 5.70. The van der Waals surface area contributed by atoms with Crippen LogP contribution in [0.2, 0.25) is 0 Å². The van der Waals surface area contributed by atoms with Crippen molar-refractivity contribution >= 4 is 17.7 Å². The Morgan fingerprint density at radius 3 is 2.17 bits per heavy atom. The molecule has 2 aromatic rings. The van der Waals surface area contributed by atoms with Crippen molar-refractivity contribution in [2.45, 2.75) is 31.7 Å². The first kappa shape index (κ1) is 19.7. The van der Waals surface area contributed by atoms with Crippen LogP contribution in [-0.2, 0) is 0 Å². The van der Waals surface area contributed by atoms with Crippen molar-refractivity contribution in [3.05, 3.63) is 76.4 Å². The summed E-state index contributed by atoms with van der Waals surface area (Å²) < 4.78 is 0. The Hall–Kier alpha value is -2.20. The van der Waals surface area contributed by atoms with E-state index in [0.717, 1.165) is 57.9 Å². The second kappa shape index (κ2) is 8.89. The van der Waals surface area contributed by atoms with Crippen LogP contribution in [0, 0.1) is 5.92 Å². The Morgan fingerprint density at radius 2 is 1.53 bits per heavy atom. The van der Waals surface area contributed by atoms with Gasteiger partial charge in [0.05, 0.1) is 0 Å². The van der Waals surface area contributed by atoms with Gasteiger partial charge in [-0.3, -0.25) is 4.90 Å². The van der Waals surface area contributed by atoms with Crippen molar-refractivity contribution in [1.82, 2.24) is 10.2 Å². The Kier molecular flexibility index (Phi) is 5.85. The zero-order valence-corrected chi connectivity index (χ0v) is 17.8. The molecular weight excluding hydrogens is 366 g/mol. The van der Waals surface area contributed by atoms with E-state index in [1.165, 1.54) is 34.2 Å². The molecule has 0 radical (unpaired) electrons. The third-order valence-electron chi connectivity index (χ3n) is 7.25. The van der Waals surface area contributed by atoms with Crippen LogP contribution in [0.1, 0.15) is 47.9 Å². The largest absolute Gasteiger partial charge is 0.330 e. The Morgan fingerprint density at radius 1 is 0.900 bits per heavy atom. The summed E-state index contributed by atoms with van der Waals surface area (Å²) in [4.78, 5) is 2.74. The summed E-state index contributed by atoms with van der Waals surface area (Å²) in [6.45, 7) is 5.38. The zero-order chi connectivity index (χ0) is 20.3. The molecule has 0 saturated carbocycles. The van der Waals surface area contributed by atoms with E-state index in [0.29, 0.717) is 6.04 Å². The van der Waals surface area contributed by atoms with Gasteiger partial charge in [0.15, 0.2) is 0 Å². The first-order valence-corrected chi connectivity index (χ1v) is 11.6. The molecule has 0 bridgehead atoms. The van der Waals surface area contributed by atoms with Gasteiger partial charge >= 0.3 is 0 Å². The second-order valence-electron chi connectivity index (χ2n) is 8.92. The minimum atomic E-state index is 0.643. The first-order valence-electron chi connectivity index (χ1n) is 11.6. The highest BCUT2D eigenvalue weighted by Gasteiger charge is 2.32. The molecule has 2 saturated heterocycles. The van der Waals surface area contributed by atoms with E-state index in [4.69, 9.17) is 5.73 Å². The number of nitrogens with zero attached hydrogens (tertiary/aromatic N) is 1. The smallest absolute Gasteiger partial charge is 0.0250 e. The predicted molar refractivity (Wildman–Crippen MR) is 127 cm³/mol. The maximum atomic E-state index is 5.92. The molecule has 3 N–H and O–H groups in total. The highest BCUT2D eigenvalue weighted by Crippen LogP contribution is 2.39. The van der Waals surface area contributed by atoms with Gasteiger partial charge in [-0.2, -0.15) is 0 Å². The molecule has 1 aliphatic carbocycles. The molecule has 2 fully saturated rings. The molecule has 3 aliphatic rings. The number of nitrogens with two attached hydrogens (primary N) is 1. The fourth-order valence-corrected chi connectivity index (χ4v) is 5.70. The van der Waals surface area contributed by atoms with Crippen LogP contribution in [0.5, 0.6) is 0 Å². The Bertz CT molecular complexity index is 895. The summed E-state index contributed by atoms with van der Waals surface area (Å²) in [7, 11) is 0. The van der Waals surface area contributed by atoms with Crippen molar-refractivity contribution in [1.29, 1.82) is 0 Å². The van der Waals surface area contributed by atoms with Crippen molar-refractivity contribution in [2.24, 2.45) is 11.7 Å². The quantitative estimate of drug-likeness (QED) is 0.686.